The molecular formula is C48H34N2OS. The van der Waals surface area contributed by atoms with Gasteiger partial charge >= 0.3 is 0 Å². The lowest BCUT2D eigenvalue weighted by molar-refractivity contribution is -0.0393. The molecular weight excluding hydrogens is 653 g/mol. The molecule has 0 amide bonds. The van der Waals surface area contributed by atoms with Gasteiger partial charge in [-0.25, -0.2) is 4.98 Å². The van der Waals surface area contributed by atoms with Crippen LogP contribution >= 0.6 is 11.3 Å². The molecule has 4 fully saturated rings. The minimum atomic E-state index is 0.0410. The van der Waals surface area contributed by atoms with Gasteiger partial charge in [-0.1, -0.05) is 91.0 Å². The standard InChI is InChI=1S/C48H34N2OS/c1-2-10-28(11-3-1)45-43-34-15-6-8-16-40(34)51-47(43)50-46(49-45)38-24-37-35-23-36-32-13-7-9-17-41(32)52-42(36)25-39(35)48(44(37)33-14-5-4-12-31(33)38)29-19-26-18-27(21-29)22-30(48)20-26/h1-17,23-27,29-30H,18-22H2. The van der Waals surface area contributed by atoms with Crippen LogP contribution in [0.15, 0.2) is 126 Å². The van der Waals surface area contributed by atoms with Crippen LogP contribution in [-0.2, 0) is 5.41 Å². The number of para-hydroxylation sites is 1. The zero-order valence-electron chi connectivity index (χ0n) is 28.6. The van der Waals surface area contributed by atoms with Crippen molar-refractivity contribution in [2.75, 3.05) is 0 Å². The normalized spacial score (nSPS) is 24.2. The van der Waals surface area contributed by atoms with Gasteiger partial charge in [-0.3, -0.25) is 0 Å². The van der Waals surface area contributed by atoms with Crippen LogP contribution in [0.1, 0.15) is 43.2 Å². The topological polar surface area (TPSA) is 38.9 Å². The Balaban J connectivity index is 1.15. The molecule has 0 saturated heterocycles. The number of hydrogen-bond donors (Lipinski definition) is 0. The SMILES string of the molecule is c1ccc(-c2nc(-c3cc4c(c5ccccc35)C3(c5cc6sc7ccccc7c6cc5-4)C4CC5CC(C4)CC3C5)nc3oc4ccccc4c23)cc1. The molecule has 1 spiro atoms. The summed E-state index contributed by atoms with van der Waals surface area (Å²) < 4.78 is 9.33. The Morgan fingerprint density at radius 3 is 2.06 bits per heavy atom. The van der Waals surface area contributed by atoms with E-state index in [9.17, 15) is 0 Å². The maximum Gasteiger partial charge on any atom is 0.231 e. The van der Waals surface area contributed by atoms with E-state index in [-0.39, 0.29) is 5.41 Å². The van der Waals surface area contributed by atoms with E-state index >= 15 is 0 Å². The van der Waals surface area contributed by atoms with Crippen LogP contribution in [0.5, 0.6) is 0 Å². The molecule has 248 valence electrons. The second-order valence-corrected chi connectivity index (χ2v) is 17.2. The van der Waals surface area contributed by atoms with Crippen molar-refractivity contribution < 1.29 is 4.42 Å². The third kappa shape index (κ3) is 3.52. The largest absolute Gasteiger partial charge is 0.438 e. The number of benzene rings is 6. The number of rotatable bonds is 2. The predicted molar refractivity (Wildman–Crippen MR) is 214 cm³/mol. The monoisotopic (exact) mass is 686 g/mol. The minimum Gasteiger partial charge on any atom is -0.438 e. The Kier molecular flexibility index (Phi) is 5.42. The first-order valence-electron chi connectivity index (χ1n) is 19.0. The van der Waals surface area contributed by atoms with Gasteiger partial charge in [-0.15, -0.1) is 11.3 Å². The Labute approximate surface area is 305 Å². The first-order chi connectivity index (χ1) is 25.7. The molecule has 3 aromatic heterocycles. The fraction of sp³-hybridized carbons (Fsp3) is 0.208. The van der Waals surface area contributed by atoms with Crippen LogP contribution in [0.25, 0.3) is 86.8 Å². The summed E-state index contributed by atoms with van der Waals surface area (Å²) in [6, 6.07) is 44.6. The molecule has 14 rings (SSSR count). The van der Waals surface area contributed by atoms with Gasteiger partial charge in [0, 0.05) is 42.1 Å². The molecule has 3 nitrogen and oxygen atoms in total. The highest BCUT2D eigenvalue weighted by Crippen LogP contribution is 2.71. The summed E-state index contributed by atoms with van der Waals surface area (Å²) >= 11 is 1.97. The number of aromatic nitrogens is 2. The van der Waals surface area contributed by atoms with Gasteiger partial charge in [0.15, 0.2) is 5.82 Å². The summed E-state index contributed by atoms with van der Waals surface area (Å²) in [5, 5.41) is 7.38. The lowest BCUT2D eigenvalue weighted by Gasteiger charge is -2.61. The van der Waals surface area contributed by atoms with Crippen LogP contribution < -0.4 is 0 Å². The second kappa shape index (κ2) is 9.96. The first-order valence-corrected chi connectivity index (χ1v) is 19.8. The molecule has 4 heteroatoms. The average Bonchev–Trinajstić information content (AvgIpc) is 3.83. The first kappa shape index (κ1) is 28.3. The van der Waals surface area contributed by atoms with Gasteiger partial charge < -0.3 is 4.42 Å². The Bertz CT molecular complexity index is 2960. The smallest absolute Gasteiger partial charge is 0.231 e. The number of nitrogens with zero attached hydrogens (tertiary/aromatic N) is 2. The van der Waals surface area contributed by atoms with Gasteiger partial charge in [0.05, 0.1) is 11.1 Å². The van der Waals surface area contributed by atoms with E-state index in [1.807, 2.05) is 23.5 Å². The van der Waals surface area contributed by atoms with Gasteiger partial charge in [-0.2, -0.15) is 4.98 Å². The Hall–Kier alpha value is -5.32. The van der Waals surface area contributed by atoms with E-state index in [4.69, 9.17) is 14.4 Å². The van der Waals surface area contributed by atoms with E-state index in [2.05, 4.69) is 109 Å². The van der Waals surface area contributed by atoms with E-state index in [0.29, 0.717) is 17.5 Å². The van der Waals surface area contributed by atoms with E-state index in [0.717, 1.165) is 50.8 Å². The van der Waals surface area contributed by atoms with Crippen LogP contribution in [0.4, 0.5) is 0 Å². The molecule has 0 N–H and O–H groups in total. The van der Waals surface area contributed by atoms with E-state index in [1.54, 1.807) is 11.1 Å². The summed E-state index contributed by atoms with van der Waals surface area (Å²) in [7, 11) is 0. The fourth-order valence-corrected chi connectivity index (χ4v) is 13.1. The molecule has 4 bridgehead atoms. The molecule has 6 aromatic carbocycles. The molecule has 4 saturated carbocycles. The number of hydrogen-bond acceptors (Lipinski definition) is 4. The lowest BCUT2D eigenvalue weighted by Crippen LogP contribution is -2.55. The molecule has 0 unspecified atom stereocenters. The maximum atomic E-state index is 6.52. The van der Waals surface area contributed by atoms with Crippen molar-refractivity contribution in [2.45, 2.75) is 37.5 Å². The quantitative estimate of drug-likeness (QED) is 0.182. The highest BCUT2D eigenvalue weighted by molar-refractivity contribution is 7.25. The van der Waals surface area contributed by atoms with Gasteiger partial charge in [0.2, 0.25) is 5.71 Å². The van der Waals surface area contributed by atoms with E-state index < -0.39 is 0 Å². The van der Waals surface area contributed by atoms with Crippen molar-refractivity contribution in [1.82, 2.24) is 9.97 Å². The summed E-state index contributed by atoms with van der Waals surface area (Å²) in [6.45, 7) is 0. The maximum absolute atomic E-state index is 6.52. The Morgan fingerprint density at radius 2 is 1.25 bits per heavy atom. The highest BCUT2D eigenvalue weighted by atomic mass is 32.1. The second-order valence-electron chi connectivity index (χ2n) is 16.1. The summed E-state index contributed by atoms with van der Waals surface area (Å²) in [5.41, 5.74) is 10.6. The van der Waals surface area contributed by atoms with Crippen molar-refractivity contribution in [3.05, 3.63) is 132 Å². The number of fused-ring (bicyclic) bond motifs is 11. The van der Waals surface area contributed by atoms with Crippen LogP contribution in [0.2, 0.25) is 0 Å². The predicted octanol–water partition coefficient (Wildman–Crippen LogP) is 13.0. The Morgan fingerprint density at radius 1 is 0.558 bits per heavy atom. The molecule has 52 heavy (non-hydrogen) atoms. The van der Waals surface area contributed by atoms with Crippen LogP contribution in [0.3, 0.4) is 0 Å². The van der Waals surface area contributed by atoms with Crippen LogP contribution in [0, 0.1) is 23.7 Å². The average molecular weight is 687 g/mol. The highest BCUT2D eigenvalue weighted by Gasteiger charge is 2.62. The molecule has 5 aliphatic carbocycles. The van der Waals surface area contributed by atoms with Crippen molar-refractivity contribution in [2.24, 2.45) is 23.7 Å². The van der Waals surface area contributed by atoms with Crippen molar-refractivity contribution in [3.63, 3.8) is 0 Å². The minimum absolute atomic E-state index is 0.0410. The number of furan rings is 1. The molecule has 0 atom stereocenters. The van der Waals surface area contributed by atoms with Gasteiger partial charge in [0.1, 0.15) is 5.58 Å². The van der Waals surface area contributed by atoms with Crippen molar-refractivity contribution in [1.29, 1.82) is 0 Å². The number of thiophene rings is 1. The third-order valence-corrected chi connectivity index (χ3v) is 14.8. The fourth-order valence-electron chi connectivity index (χ4n) is 12.0. The summed E-state index contributed by atoms with van der Waals surface area (Å²) in [4.78, 5) is 10.8. The molecule has 9 aromatic rings. The third-order valence-electron chi connectivity index (χ3n) is 13.7. The molecule has 0 aliphatic heterocycles. The summed E-state index contributed by atoms with van der Waals surface area (Å²) in [6.07, 6.45) is 6.89. The molecule has 3 heterocycles. The molecule has 0 radical (unpaired) electrons. The van der Waals surface area contributed by atoms with Crippen LogP contribution in [-0.4, -0.2) is 9.97 Å². The molecule has 5 aliphatic rings. The van der Waals surface area contributed by atoms with Crippen molar-refractivity contribution in [3.8, 4) is 33.8 Å². The van der Waals surface area contributed by atoms with Gasteiger partial charge in [0.25, 0.3) is 0 Å². The summed E-state index contributed by atoms with van der Waals surface area (Å²) in [5.74, 6) is 3.86. The lowest BCUT2D eigenvalue weighted by atomic mass is 9.43. The zero-order chi connectivity index (χ0) is 33.7. The van der Waals surface area contributed by atoms with Crippen molar-refractivity contribution >= 4 is 64.4 Å². The zero-order valence-corrected chi connectivity index (χ0v) is 29.4. The van der Waals surface area contributed by atoms with E-state index in [1.165, 1.54) is 74.2 Å². The van der Waals surface area contributed by atoms with Gasteiger partial charge in [-0.05, 0) is 119 Å².